The van der Waals surface area contributed by atoms with E-state index in [4.69, 9.17) is 9.15 Å². The number of allylic oxidation sites excluding steroid dienone is 1. The van der Waals surface area contributed by atoms with Crippen LogP contribution in [0.4, 0.5) is 5.13 Å². The van der Waals surface area contributed by atoms with Gasteiger partial charge in [-0.2, -0.15) is 0 Å². The summed E-state index contributed by atoms with van der Waals surface area (Å²) < 4.78 is 35.6. The Kier molecular flexibility index (Phi) is 6.11. The van der Waals surface area contributed by atoms with Crippen LogP contribution in [0.1, 0.15) is 21.9 Å². The predicted molar refractivity (Wildman–Crippen MR) is 124 cm³/mol. The van der Waals surface area contributed by atoms with Gasteiger partial charge in [-0.25, -0.2) is 13.4 Å². The number of nitrogens with zero attached hydrogens (tertiary/aromatic N) is 1. The zero-order valence-electron chi connectivity index (χ0n) is 17.2. The topological polar surface area (TPSA) is 98.5 Å². The molecule has 4 rings (SSSR count). The second kappa shape index (κ2) is 8.97. The molecule has 2 aromatic heterocycles. The first-order valence-electron chi connectivity index (χ1n) is 9.66. The number of furan rings is 1. The molecule has 2 heterocycles. The van der Waals surface area contributed by atoms with Gasteiger partial charge in [0.1, 0.15) is 18.1 Å². The molecule has 0 spiro atoms. The lowest BCUT2D eigenvalue weighted by Crippen LogP contribution is -2.10. The summed E-state index contributed by atoms with van der Waals surface area (Å²) in [5.74, 6) is 0.910. The normalized spacial score (nSPS) is 11.4. The molecule has 0 radical (unpaired) electrons. The summed E-state index contributed by atoms with van der Waals surface area (Å²) in [6.07, 6.45) is 3.64. The first kappa shape index (κ1) is 21.8. The van der Waals surface area contributed by atoms with Crippen molar-refractivity contribution in [3.63, 3.8) is 0 Å². The molecule has 0 saturated carbocycles. The van der Waals surface area contributed by atoms with Crippen LogP contribution < -0.4 is 10.1 Å². The van der Waals surface area contributed by atoms with Crippen LogP contribution in [0.25, 0.3) is 10.2 Å². The van der Waals surface area contributed by atoms with Gasteiger partial charge in [-0.05, 0) is 48.4 Å². The van der Waals surface area contributed by atoms with Crippen LogP contribution in [0.5, 0.6) is 5.75 Å². The number of thiazole rings is 1. The molecule has 0 atom stereocenters. The predicted octanol–water partition coefficient (Wildman–Crippen LogP) is 4.85. The number of aromatic nitrogens is 1. The molecule has 0 aliphatic rings. The molecular weight excluding hydrogens is 448 g/mol. The van der Waals surface area contributed by atoms with Crippen molar-refractivity contribution in [3.05, 3.63) is 84.3 Å². The Labute approximate surface area is 189 Å². The molecule has 0 aliphatic heterocycles. The SMILES string of the molecule is C=CCc1ccccc1OCc1ccc(C(=O)Nc2nc3ccc(S(C)(=O)=O)cc3s2)o1. The quantitative estimate of drug-likeness (QED) is 0.371. The Balaban J connectivity index is 1.43. The molecule has 4 aromatic rings. The molecule has 7 nitrogen and oxygen atoms in total. The van der Waals surface area contributed by atoms with E-state index in [2.05, 4.69) is 16.9 Å². The summed E-state index contributed by atoms with van der Waals surface area (Å²) in [6.45, 7) is 3.93. The molecule has 2 aromatic carbocycles. The van der Waals surface area contributed by atoms with Gasteiger partial charge in [0, 0.05) is 6.26 Å². The number of hydrogen-bond acceptors (Lipinski definition) is 7. The Morgan fingerprint density at radius 3 is 2.81 bits per heavy atom. The molecule has 0 fully saturated rings. The van der Waals surface area contributed by atoms with E-state index in [0.29, 0.717) is 27.5 Å². The Bertz CT molecular complexity index is 1400. The molecular formula is C23H20N2O5S2. The van der Waals surface area contributed by atoms with E-state index < -0.39 is 15.7 Å². The number of hydrogen-bond donors (Lipinski definition) is 1. The summed E-state index contributed by atoms with van der Waals surface area (Å²) in [5.41, 5.74) is 1.62. The minimum atomic E-state index is -3.32. The molecule has 1 amide bonds. The Hall–Kier alpha value is -3.43. The maximum atomic E-state index is 12.6. The number of fused-ring (bicyclic) bond motifs is 1. The summed E-state index contributed by atoms with van der Waals surface area (Å²) in [7, 11) is -3.32. The van der Waals surface area contributed by atoms with Gasteiger partial charge in [0.2, 0.25) is 0 Å². The lowest BCUT2D eigenvalue weighted by Gasteiger charge is -2.08. The number of para-hydroxylation sites is 1. The minimum absolute atomic E-state index is 0.124. The minimum Gasteiger partial charge on any atom is -0.485 e. The highest BCUT2D eigenvalue weighted by Crippen LogP contribution is 2.28. The molecule has 0 unspecified atom stereocenters. The van der Waals surface area contributed by atoms with Crippen LogP contribution in [0.3, 0.4) is 0 Å². The van der Waals surface area contributed by atoms with Gasteiger partial charge in [0.15, 0.2) is 20.7 Å². The van der Waals surface area contributed by atoms with Gasteiger partial charge in [-0.3, -0.25) is 10.1 Å². The third-order valence-corrected chi connectivity index (χ3v) is 6.64. The zero-order valence-corrected chi connectivity index (χ0v) is 18.8. The van der Waals surface area contributed by atoms with E-state index in [1.54, 1.807) is 24.3 Å². The van der Waals surface area contributed by atoms with Crippen molar-refractivity contribution in [1.82, 2.24) is 4.98 Å². The molecule has 0 bridgehead atoms. The van der Waals surface area contributed by atoms with E-state index in [0.717, 1.165) is 17.6 Å². The fourth-order valence-electron chi connectivity index (χ4n) is 3.04. The molecule has 1 N–H and O–H groups in total. The van der Waals surface area contributed by atoms with Crippen molar-refractivity contribution in [1.29, 1.82) is 0 Å². The first-order chi connectivity index (χ1) is 15.3. The van der Waals surface area contributed by atoms with Crippen molar-refractivity contribution in [2.75, 3.05) is 11.6 Å². The van der Waals surface area contributed by atoms with Gasteiger partial charge < -0.3 is 9.15 Å². The van der Waals surface area contributed by atoms with Crippen molar-refractivity contribution in [2.24, 2.45) is 0 Å². The maximum absolute atomic E-state index is 12.6. The lowest BCUT2D eigenvalue weighted by atomic mass is 10.1. The monoisotopic (exact) mass is 468 g/mol. The van der Waals surface area contributed by atoms with Crippen LogP contribution in [-0.2, 0) is 22.9 Å². The fraction of sp³-hybridized carbons (Fsp3) is 0.130. The summed E-state index contributed by atoms with van der Waals surface area (Å²) in [4.78, 5) is 17.1. The van der Waals surface area contributed by atoms with E-state index in [-0.39, 0.29) is 17.3 Å². The molecule has 0 saturated heterocycles. The number of ether oxygens (including phenoxy) is 1. The summed E-state index contributed by atoms with van der Waals surface area (Å²) >= 11 is 1.19. The average molecular weight is 469 g/mol. The van der Waals surface area contributed by atoms with Crippen LogP contribution in [0.2, 0.25) is 0 Å². The molecule has 9 heteroatoms. The van der Waals surface area contributed by atoms with E-state index in [9.17, 15) is 13.2 Å². The van der Waals surface area contributed by atoms with Crippen LogP contribution in [0.15, 0.2) is 76.6 Å². The third kappa shape index (κ3) is 4.90. The Morgan fingerprint density at radius 2 is 2.03 bits per heavy atom. The van der Waals surface area contributed by atoms with Crippen LogP contribution >= 0.6 is 11.3 Å². The van der Waals surface area contributed by atoms with E-state index in [1.165, 1.54) is 17.4 Å². The number of carbonyl (C=O) groups excluding carboxylic acids is 1. The van der Waals surface area contributed by atoms with Gasteiger partial charge in [0.25, 0.3) is 5.91 Å². The number of benzene rings is 2. The van der Waals surface area contributed by atoms with Gasteiger partial charge in [0.05, 0.1) is 15.1 Å². The van der Waals surface area contributed by atoms with E-state index >= 15 is 0 Å². The molecule has 164 valence electrons. The maximum Gasteiger partial charge on any atom is 0.293 e. The number of carbonyl (C=O) groups is 1. The zero-order chi connectivity index (χ0) is 22.7. The van der Waals surface area contributed by atoms with Crippen LogP contribution in [-0.4, -0.2) is 25.6 Å². The van der Waals surface area contributed by atoms with Gasteiger partial charge >= 0.3 is 0 Å². The smallest absolute Gasteiger partial charge is 0.293 e. The highest BCUT2D eigenvalue weighted by atomic mass is 32.2. The number of sulfone groups is 1. The van der Waals surface area contributed by atoms with Crippen molar-refractivity contribution < 1.29 is 22.4 Å². The Morgan fingerprint density at radius 1 is 1.22 bits per heavy atom. The molecule has 0 aliphatic carbocycles. The lowest BCUT2D eigenvalue weighted by molar-refractivity contribution is 0.0992. The second-order valence-electron chi connectivity index (χ2n) is 7.03. The van der Waals surface area contributed by atoms with Gasteiger partial charge in [-0.15, -0.1) is 6.58 Å². The molecule has 32 heavy (non-hydrogen) atoms. The van der Waals surface area contributed by atoms with Crippen molar-refractivity contribution in [3.8, 4) is 5.75 Å². The first-order valence-corrected chi connectivity index (χ1v) is 12.4. The van der Waals surface area contributed by atoms with Crippen molar-refractivity contribution >= 4 is 42.4 Å². The summed E-state index contributed by atoms with van der Waals surface area (Å²) in [6, 6.07) is 15.6. The highest BCUT2D eigenvalue weighted by Gasteiger charge is 2.16. The third-order valence-electron chi connectivity index (χ3n) is 4.60. The number of rotatable bonds is 8. The largest absolute Gasteiger partial charge is 0.485 e. The number of anilines is 1. The summed E-state index contributed by atoms with van der Waals surface area (Å²) in [5, 5.41) is 3.04. The van der Waals surface area contributed by atoms with Crippen molar-refractivity contribution in [2.45, 2.75) is 17.9 Å². The van der Waals surface area contributed by atoms with Gasteiger partial charge in [-0.1, -0.05) is 35.6 Å². The average Bonchev–Trinajstić information content (AvgIpc) is 3.38. The second-order valence-corrected chi connectivity index (χ2v) is 10.1. The van der Waals surface area contributed by atoms with E-state index in [1.807, 2.05) is 30.3 Å². The fourth-order valence-corrected chi connectivity index (χ4v) is 4.66. The number of amides is 1. The standard InChI is InChI=1S/C23H20N2O5S2/c1-3-6-15-7-4-5-8-19(15)29-14-16-9-12-20(30-16)22(26)25-23-24-18-11-10-17(32(2,27)28)13-21(18)31-23/h3-5,7-13H,1,6,14H2,2H3,(H,24,25,26). The number of nitrogens with one attached hydrogen (secondary N) is 1. The highest BCUT2D eigenvalue weighted by molar-refractivity contribution is 7.90. The van der Waals surface area contributed by atoms with Crippen LogP contribution in [0, 0.1) is 0 Å².